The number of hydrogen-bond acceptors (Lipinski definition) is 5. The molecule has 0 spiro atoms. The van der Waals surface area contributed by atoms with Gasteiger partial charge in [0.1, 0.15) is 0 Å². The Morgan fingerprint density at radius 3 is 2.67 bits per heavy atom. The van der Waals surface area contributed by atoms with Gasteiger partial charge in [-0.3, -0.25) is 4.99 Å². The highest BCUT2D eigenvalue weighted by Crippen LogP contribution is 2.13. The number of aliphatic imine (C=N–C) groups is 1. The van der Waals surface area contributed by atoms with Gasteiger partial charge in [0.2, 0.25) is 5.88 Å². The second-order valence-corrected chi connectivity index (χ2v) is 5.36. The van der Waals surface area contributed by atoms with Crippen LogP contribution < -0.4 is 15.4 Å². The monoisotopic (exact) mass is 445 g/mol. The Bertz CT molecular complexity index is 657. The minimum absolute atomic E-state index is 0. The molecule has 0 saturated carbocycles. The van der Waals surface area contributed by atoms with Crippen molar-refractivity contribution in [1.82, 2.24) is 20.8 Å². The molecule has 0 unspecified atom stereocenters. The fourth-order valence-corrected chi connectivity index (χ4v) is 1.93. The van der Waals surface area contributed by atoms with Gasteiger partial charge in [0.15, 0.2) is 11.7 Å². The molecule has 0 saturated heterocycles. The van der Waals surface area contributed by atoms with Crippen LogP contribution in [0.5, 0.6) is 5.88 Å². The standard InChI is InChI=1S/C16H23N5O2.HI/c1-11(2)14-8-13(23-21-14)10-20-16(17-3)19-9-12-5-6-18-15(7-12)22-4;/h5-8,11H,9-10H2,1-4H3,(H2,17,19,20);1H. The van der Waals surface area contributed by atoms with Crippen molar-refractivity contribution >= 4 is 29.9 Å². The highest BCUT2D eigenvalue weighted by atomic mass is 127. The Kier molecular flexibility index (Phi) is 8.51. The molecule has 24 heavy (non-hydrogen) atoms. The van der Waals surface area contributed by atoms with E-state index in [0.717, 1.165) is 17.0 Å². The molecule has 0 amide bonds. The van der Waals surface area contributed by atoms with E-state index in [4.69, 9.17) is 9.26 Å². The zero-order chi connectivity index (χ0) is 16.7. The molecular formula is C16H24IN5O2. The van der Waals surface area contributed by atoms with E-state index in [1.165, 1.54) is 0 Å². The number of aromatic nitrogens is 2. The number of ether oxygens (including phenoxy) is 1. The molecule has 0 radical (unpaired) electrons. The Balaban J connectivity index is 0.00000288. The Labute approximate surface area is 159 Å². The van der Waals surface area contributed by atoms with Crippen LogP contribution in [0.3, 0.4) is 0 Å². The topological polar surface area (TPSA) is 84.6 Å². The SMILES string of the molecule is CN=C(NCc1ccnc(OC)c1)NCc1cc(C(C)C)no1.I. The molecule has 2 aromatic heterocycles. The van der Waals surface area contributed by atoms with Gasteiger partial charge in [0.05, 0.1) is 19.3 Å². The van der Waals surface area contributed by atoms with Crippen LogP contribution >= 0.6 is 24.0 Å². The van der Waals surface area contributed by atoms with Crippen molar-refractivity contribution in [2.24, 2.45) is 4.99 Å². The Morgan fingerprint density at radius 1 is 1.29 bits per heavy atom. The van der Waals surface area contributed by atoms with Gasteiger partial charge in [-0.05, 0) is 17.5 Å². The van der Waals surface area contributed by atoms with E-state index in [9.17, 15) is 0 Å². The van der Waals surface area contributed by atoms with Crippen LogP contribution in [-0.2, 0) is 13.1 Å². The highest BCUT2D eigenvalue weighted by Gasteiger charge is 2.08. The average Bonchev–Trinajstić information content (AvgIpc) is 3.04. The fourth-order valence-electron chi connectivity index (χ4n) is 1.93. The minimum Gasteiger partial charge on any atom is -0.481 e. The van der Waals surface area contributed by atoms with Crippen LogP contribution in [-0.4, -0.2) is 30.3 Å². The van der Waals surface area contributed by atoms with Gasteiger partial charge in [-0.15, -0.1) is 24.0 Å². The first-order chi connectivity index (χ1) is 11.1. The predicted molar refractivity (Wildman–Crippen MR) is 104 cm³/mol. The van der Waals surface area contributed by atoms with Gasteiger partial charge in [0.25, 0.3) is 0 Å². The summed E-state index contributed by atoms with van der Waals surface area (Å²) in [5.74, 6) is 2.41. The van der Waals surface area contributed by atoms with Gasteiger partial charge in [-0.25, -0.2) is 4.98 Å². The molecule has 2 aromatic rings. The van der Waals surface area contributed by atoms with Crippen molar-refractivity contribution in [1.29, 1.82) is 0 Å². The predicted octanol–water partition coefficient (Wildman–Crippen LogP) is 2.68. The molecule has 8 heteroatoms. The van der Waals surface area contributed by atoms with Gasteiger partial charge in [-0.1, -0.05) is 19.0 Å². The second kappa shape index (κ2) is 10.1. The molecule has 0 aliphatic carbocycles. The zero-order valence-corrected chi connectivity index (χ0v) is 16.7. The van der Waals surface area contributed by atoms with Crippen molar-refractivity contribution in [3.63, 3.8) is 0 Å². The van der Waals surface area contributed by atoms with Crippen molar-refractivity contribution in [2.75, 3.05) is 14.2 Å². The lowest BCUT2D eigenvalue weighted by molar-refractivity contribution is 0.372. The summed E-state index contributed by atoms with van der Waals surface area (Å²) in [5, 5.41) is 10.5. The maximum Gasteiger partial charge on any atom is 0.213 e. The quantitative estimate of drug-likeness (QED) is 0.404. The number of halogens is 1. The van der Waals surface area contributed by atoms with Crippen LogP contribution in [0.2, 0.25) is 0 Å². The van der Waals surface area contributed by atoms with E-state index in [2.05, 4.69) is 39.6 Å². The van der Waals surface area contributed by atoms with E-state index in [-0.39, 0.29) is 24.0 Å². The van der Waals surface area contributed by atoms with Crippen molar-refractivity contribution < 1.29 is 9.26 Å². The van der Waals surface area contributed by atoms with Crippen molar-refractivity contribution in [2.45, 2.75) is 32.9 Å². The summed E-state index contributed by atoms with van der Waals surface area (Å²) in [7, 11) is 3.32. The second-order valence-electron chi connectivity index (χ2n) is 5.36. The summed E-state index contributed by atoms with van der Waals surface area (Å²) in [5.41, 5.74) is 2.01. The lowest BCUT2D eigenvalue weighted by Gasteiger charge is -2.11. The van der Waals surface area contributed by atoms with E-state index >= 15 is 0 Å². The summed E-state index contributed by atoms with van der Waals surface area (Å²) in [6.07, 6.45) is 1.72. The largest absolute Gasteiger partial charge is 0.481 e. The normalized spacial score (nSPS) is 11.1. The first-order valence-corrected chi connectivity index (χ1v) is 7.51. The van der Waals surface area contributed by atoms with Crippen molar-refractivity contribution in [3.8, 4) is 5.88 Å². The lowest BCUT2D eigenvalue weighted by atomic mass is 10.1. The zero-order valence-electron chi connectivity index (χ0n) is 14.4. The number of nitrogens with zero attached hydrogens (tertiary/aromatic N) is 3. The number of hydrogen-bond donors (Lipinski definition) is 2. The molecule has 2 heterocycles. The molecule has 132 valence electrons. The van der Waals surface area contributed by atoms with Gasteiger partial charge in [-0.2, -0.15) is 0 Å². The van der Waals surface area contributed by atoms with Crippen LogP contribution in [0.15, 0.2) is 33.9 Å². The fraction of sp³-hybridized carbons (Fsp3) is 0.438. The molecular weight excluding hydrogens is 421 g/mol. The first-order valence-electron chi connectivity index (χ1n) is 7.51. The maximum absolute atomic E-state index is 5.29. The maximum atomic E-state index is 5.29. The first kappa shape index (κ1) is 20.2. The average molecular weight is 445 g/mol. The highest BCUT2D eigenvalue weighted by molar-refractivity contribution is 14.0. The van der Waals surface area contributed by atoms with E-state index in [0.29, 0.717) is 30.8 Å². The summed E-state index contributed by atoms with van der Waals surface area (Å²) in [6, 6.07) is 5.76. The third-order valence-corrected chi connectivity index (χ3v) is 3.29. The number of methoxy groups -OCH3 is 1. The number of pyridine rings is 1. The Hall–Kier alpha value is -1.84. The number of guanidine groups is 1. The van der Waals surface area contributed by atoms with Gasteiger partial charge < -0.3 is 19.9 Å². The molecule has 2 N–H and O–H groups in total. The summed E-state index contributed by atoms with van der Waals surface area (Å²) < 4.78 is 10.4. The van der Waals surface area contributed by atoms with Crippen LogP contribution in [0, 0.1) is 0 Å². The molecule has 0 bridgehead atoms. The van der Waals surface area contributed by atoms with Gasteiger partial charge in [0, 0.05) is 31.9 Å². The third kappa shape index (κ3) is 5.99. The number of rotatable bonds is 6. The summed E-state index contributed by atoms with van der Waals surface area (Å²) >= 11 is 0. The van der Waals surface area contributed by atoms with Crippen LogP contribution in [0.4, 0.5) is 0 Å². The van der Waals surface area contributed by atoms with E-state index < -0.39 is 0 Å². The molecule has 2 rings (SSSR count). The molecule has 7 nitrogen and oxygen atoms in total. The van der Waals surface area contributed by atoms with Crippen LogP contribution in [0.25, 0.3) is 0 Å². The van der Waals surface area contributed by atoms with Crippen LogP contribution in [0.1, 0.15) is 36.8 Å². The third-order valence-electron chi connectivity index (χ3n) is 3.29. The van der Waals surface area contributed by atoms with Crippen molar-refractivity contribution in [3.05, 3.63) is 41.4 Å². The van der Waals surface area contributed by atoms with E-state index in [1.807, 2.05) is 18.2 Å². The number of nitrogens with one attached hydrogen (secondary N) is 2. The summed E-state index contributed by atoms with van der Waals surface area (Å²) in [4.78, 5) is 8.27. The molecule has 0 aliphatic heterocycles. The Morgan fingerprint density at radius 2 is 2.04 bits per heavy atom. The summed E-state index contributed by atoms with van der Waals surface area (Å²) in [6.45, 7) is 5.31. The molecule has 0 aromatic carbocycles. The van der Waals surface area contributed by atoms with E-state index in [1.54, 1.807) is 20.4 Å². The smallest absolute Gasteiger partial charge is 0.213 e. The molecule has 0 fully saturated rings. The van der Waals surface area contributed by atoms with Gasteiger partial charge >= 0.3 is 0 Å². The molecule has 0 atom stereocenters. The molecule has 0 aliphatic rings. The lowest BCUT2D eigenvalue weighted by Crippen LogP contribution is -2.36. The minimum atomic E-state index is 0.